The van der Waals surface area contributed by atoms with Gasteiger partial charge in [-0.2, -0.15) is 0 Å². The molecule has 0 bridgehead atoms. The Morgan fingerprint density at radius 3 is 2.76 bits per heavy atom. The van der Waals surface area contributed by atoms with E-state index >= 15 is 0 Å². The van der Waals surface area contributed by atoms with Gasteiger partial charge in [0.2, 0.25) is 0 Å². The zero-order valence-corrected chi connectivity index (χ0v) is 15.8. The number of benzene rings is 1. The quantitative estimate of drug-likeness (QED) is 0.564. The van der Waals surface area contributed by atoms with Crippen molar-refractivity contribution in [2.75, 3.05) is 11.4 Å². The van der Waals surface area contributed by atoms with Crippen molar-refractivity contribution in [2.24, 2.45) is 0 Å². The minimum atomic E-state index is 0.105. The summed E-state index contributed by atoms with van der Waals surface area (Å²) in [5.74, 6) is 0.266. The van der Waals surface area contributed by atoms with E-state index in [-0.39, 0.29) is 18.1 Å². The molecule has 126 valence electrons. The standard InChI is InChI=1S/C17H11Cl2N3OS2/c18-9-3-1-4-11(15(9)19)22-7-12(23)14(16(22)20)17-21-10(8-25-17)13-5-2-6-24-13/h1-6,8,20,23H,7H2. The fourth-order valence-corrected chi connectivity index (χ4v) is 4.68. The molecule has 0 atom stereocenters. The summed E-state index contributed by atoms with van der Waals surface area (Å²) in [6.45, 7) is 0.169. The van der Waals surface area contributed by atoms with E-state index in [4.69, 9.17) is 28.6 Å². The number of nitrogens with zero attached hydrogens (tertiary/aromatic N) is 2. The number of aliphatic hydroxyl groups excluding tert-OH is 1. The lowest BCUT2D eigenvalue weighted by Gasteiger charge is -2.20. The minimum Gasteiger partial charge on any atom is -0.510 e. The SMILES string of the molecule is N=C1C(c2nc(-c3cccs3)cs2)=C(O)CN1c1cccc(Cl)c1Cl. The Labute approximate surface area is 162 Å². The van der Waals surface area contributed by atoms with Gasteiger partial charge in [0.15, 0.2) is 0 Å². The molecule has 25 heavy (non-hydrogen) atoms. The molecule has 3 aromatic rings. The first-order valence-electron chi connectivity index (χ1n) is 7.28. The van der Waals surface area contributed by atoms with Crippen LogP contribution in [-0.2, 0) is 0 Å². The Balaban J connectivity index is 1.69. The average Bonchev–Trinajstić information content (AvgIpc) is 3.30. The first-order valence-corrected chi connectivity index (χ1v) is 9.80. The summed E-state index contributed by atoms with van der Waals surface area (Å²) in [5, 5.41) is 24.2. The molecule has 2 aromatic heterocycles. The van der Waals surface area contributed by atoms with Crippen molar-refractivity contribution in [2.45, 2.75) is 0 Å². The molecule has 0 spiro atoms. The molecule has 0 saturated heterocycles. The maximum atomic E-state index is 10.4. The van der Waals surface area contributed by atoms with Gasteiger partial charge in [-0.1, -0.05) is 35.3 Å². The molecule has 8 heteroatoms. The van der Waals surface area contributed by atoms with Crippen molar-refractivity contribution >= 4 is 63.0 Å². The van der Waals surface area contributed by atoms with E-state index in [1.807, 2.05) is 22.9 Å². The van der Waals surface area contributed by atoms with Gasteiger partial charge in [-0.25, -0.2) is 4.98 Å². The maximum Gasteiger partial charge on any atom is 0.139 e. The highest BCUT2D eigenvalue weighted by Crippen LogP contribution is 2.39. The number of amidine groups is 1. The van der Waals surface area contributed by atoms with Crippen LogP contribution >= 0.6 is 45.9 Å². The van der Waals surface area contributed by atoms with E-state index < -0.39 is 0 Å². The van der Waals surface area contributed by atoms with Crippen LogP contribution < -0.4 is 4.90 Å². The number of aliphatic hydroxyl groups is 1. The third kappa shape index (κ3) is 2.85. The van der Waals surface area contributed by atoms with Gasteiger partial charge in [-0.15, -0.1) is 22.7 Å². The fourth-order valence-electron chi connectivity index (χ4n) is 2.64. The van der Waals surface area contributed by atoms with Gasteiger partial charge in [0.25, 0.3) is 0 Å². The molecule has 4 nitrogen and oxygen atoms in total. The molecule has 4 rings (SSSR count). The highest BCUT2D eigenvalue weighted by molar-refractivity contribution is 7.14. The molecule has 0 fully saturated rings. The molecular weight excluding hydrogens is 397 g/mol. The summed E-state index contributed by atoms with van der Waals surface area (Å²) < 4.78 is 0. The van der Waals surface area contributed by atoms with Crippen molar-refractivity contribution in [1.82, 2.24) is 4.98 Å². The number of anilines is 1. The predicted octanol–water partition coefficient (Wildman–Crippen LogP) is 5.94. The highest BCUT2D eigenvalue weighted by atomic mass is 35.5. The molecule has 0 aliphatic carbocycles. The van der Waals surface area contributed by atoms with Crippen molar-refractivity contribution in [3.05, 3.63) is 61.9 Å². The number of aromatic nitrogens is 1. The molecule has 0 amide bonds. The Morgan fingerprint density at radius 2 is 2.00 bits per heavy atom. The van der Waals surface area contributed by atoms with E-state index in [1.54, 1.807) is 34.4 Å². The van der Waals surface area contributed by atoms with Crippen molar-refractivity contribution in [3.8, 4) is 10.6 Å². The van der Waals surface area contributed by atoms with Crippen LogP contribution in [-0.4, -0.2) is 22.5 Å². The normalized spacial score (nSPS) is 14.6. The minimum absolute atomic E-state index is 0.105. The Kier molecular flexibility index (Phi) is 4.29. The second-order valence-corrected chi connectivity index (χ2v) is 7.94. The number of nitrogens with one attached hydrogen (secondary N) is 1. The topological polar surface area (TPSA) is 60.2 Å². The lowest BCUT2D eigenvalue weighted by molar-refractivity contribution is 0.411. The molecule has 1 aliphatic heterocycles. The molecule has 0 unspecified atom stereocenters. The number of thiazole rings is 1. The number of thiophene rings is 1. The Bertz CT molecular complexity index is 995. The monoisotopic (exact) mass is 407 g/mol. The van der Waals surface area contributed by atoms with Crippen LogP contribution in [0, 0.1) is 5.41 Å². The molecule has 0 saturated carbocycles. The third-order valence-electron chi connectivity index (χ3n) is 3.82. The number of halogens is 2. The molecule has 3 heterocycles. The molecule has 0 radical (unpaired) electrons. The number of hydrogen-bond donors (Lipinski definition) is 2. The first-order chi connectivity index (χ1) is 12.1. The second-order valence-electron chi connectivity index (χ2n) is 5.34. The summed E-state index contributed by atoms with van der Waals surface area (Å²) in [4.78, 5) is 7.28. The number of hydrogen-bond acceptors (Lipinski definition) is 5. The largest absolute Gasteiger partial charge is 0.510 e. The van der Waals surface area contributed by atoms with E-state index in [1.165, 1.54) is 11.3 Å². The van der Waals surface area contributed by atoms with E-state index in [2.05, 4.69) is 4.98 Å². The highest BCUT2D eigenvalue weighted by Gasteiger charge is 2.32. The van der Waals surface area contributed by atoms with Gasteiger partial charge in [0.1, 0.15) is 16.6 Å². The van der Waals surface area contributed by atoms with Gasteiger partial charge in [-0.3, -0.25) is 5.41 Å². The second kappa shape index (κ2) is 6.46. The van der Waals surface area contributed by atoms with Crippen LogP contribution in [0.4, 0.5) is 5.69 Å². The lowest BCUT2D eigenvalue weighted by Crippen LogP contribution is -2.26. The third-order valence-corrected chi connectivity index (χ3v) is 6.38. The summed E-state index contributed by atoms with van der Waals surface area (Å²) in [6, 6.07) is 9.20. The van der Waals surface area contributed by atoms with Crippen molar-refractivity contribution < 1.29 is 5.11 Å². The summed E-state index contributed by atoms with van der Waals surface area (Å²) in [5.41, 5.74) is 1.88. The van der Waals surface area contributed by atoms with Crippen LogP contribution in [0.3, 0.4) is 0 Å². The fraction of sp³-hybridized carbons (Fsp3) is 0.0588. The van der Waals surface area contributed by atoms with Crippen LogP contribution in [0.15, 0.2) is 46.9 Å². The smallest absolute Gasteiger partial charge is 0.139 e. The maximum absolute atomic E-state index is 10.4. The van der Waals surface area contributed by atoms with Crippen LogP contribution in [0.2, 0.25) is 10.0 Å². The van der Waals surface area contributed by atoms with Gasteiger partial charge < -0.3 is 10.0 Å². The van der Waals surface area contributed by atoms with Crippen LogP contribution in [0.1, 0.15) is 5.01 Å². The van der Waals surface area contributed by atoms with Gasteiger partial charge in [-0.05, 0) is 23.6 Å². The van der Waals surface area contributed by atoms with Gasteiger partial charge in [0.05, 0.1) is 38.4 Å². The van der Waals surface area contributed by atoms with Crippen LogP contribution in [0.5, 0.6) is 0 Å². The van der Waals surface area contributed by atoms with E-state index in [0.29, 0.717) is 26.3 Å². The molecule has 1 aliphatic rings. The number of rotatable bonds is 3. The van der Waals surface area contributed by atoms with Crippen molar-refractivity contribution in [3.63, 3.8) is 0 Å². The Morgan fingerprint density at radius 1 is 1.16 bits per heavy atom. The van der Waals surface area contributed by atoms with E-state index in [9.17, 15) is 5.11 Å². The summed E-state index contributed by atoms with van der Waals surface area (Å²) in [6.07, 6.45) is 0. The molecule has 2 N–H and O–H groups in total. The zero-order valence-electron chi connectivity index (χ0n) is 12.7. The van der Waals surface area contributed by atoms with Gasteiger partial charge >= 0.3 is 0 Å². The van der Waals surface area contributed by atoms with Crippen molar-refractivity contribution in [1.29, 1.82) is 5.41 Å². The van der Waals surface area contributed by atoms with Gasteiger partial charge in [0, 0.05) is 5.38 Å². The zero-order chi connectivity index (χ0) is 17.6. The van der Waals surface area contributed by atoms with Crippen LogP contribution in [0.25, 0.3) is 16.1 Å². The average molecular weight is 408 g/mol. The Hall–Kier alpha value is -1.86. The first kappa shape index (κ1) is 16.6. The summed E-state index contributed by atoms with van der Waals surface area (Å²) >= 11 is 15.4. The van der Waals surface area contributed by atoms with E-state index in [0.717, 1.165) is 10.6 Å². The lowest BCUT2D eigenvalue weighted by atomic mass is 10.2. The predicted molar refractivity (Wildman–Crippen MR) is 107 cm³/mol. The molecular formula is C17H11Cl2N3OS2. The summed E-state index contributed by atoms with van der Waals surface area (Å²) in [7, 11) is 0. The molecule has 1 aromatic carbocycles.